The lowest BCUT2D eigenvalue weighted by Gasteiger charge is -2.21. The Morgan fingerprint density at radius 1 is 1.35 bits per heavy atom. The van der Waals surface area contributed by atoms with E-state index in [2.05, 4.69) is 19.2 Å². The molecule has 1 aromatic rings. The monoisotopic (exact) mass is 297 g/mol. The van der Waals surface area contributed by atoms with Crippen LogP contribution in [0.3, 0.4) is 0 Å². The van der Waals surface area contributed by atoms with E-state index in [1.807, 2.05) is 6.07 Å². The maximum absolute atomic E-state index is 11.9. The van der Waals surface area contributed by atoms with Crippen molar-refractivity contribution < 1.29 is 9.53 Å². The van der Waals surface area contributed by atoms with Gasteiger partial charge in [0.15, 0.2) is 0 Å². The second-order valence-corrected chi connectivity index (χ2v) is 5.31. The molecule has 0 bridgehead atoms. The van der Waals surface area contributed by atoms with Gasteiger partial charge in [0, 0.05) is 11.1 Å². The second kappa shape index (κ2) is 8.98. The van der Waals surface area contributed by atoms with Crippen LogP contribution in [0.25, 0.3) is 0 Å². The summed E-state index contributed by atoms with van der Waals surface area (Å²) in [6, 6.07) is 5.48. The predicted octanol–water partition coefficient (Wildman–Crippen LogP) is 4.36. The first-order chi connectivity index (χ1) is 9.63. The molecular weight excluding hydrogens is 274 g/mol. The van der Waals surface area contributed by atoms with Crippen molar-refractivity contribution in [3.05, 3.63) is 34.3 Å². The zero-order valence-corrected chi connectivity index (χ0v) is 13.3. The fourth-order valence-electron chi connectivity index (χ4n) is 2.23. The van der Waals surface area contributed by atoms with Crippen LogP contribution in [-0.4, -0.2) is 19.6 Å². The van der Waals surface area contributed by atoms with Crippen molar-refractivity contribution in [2.75, 3.05) is 13.7 Å². The number of esters is 1. The number of carbonyl (C=O) groups excluding carboxylic acids is 1. The smallest absolute Gasteiger partial charge is 0.338 e. The van der Waals surface area contributed by atoms with Crippen LogP contribution in [0.4, 0.5) is 0 Å². The van der Waals surface area contributed by atoms with Gasteiger partial charge in [-0.05, 0) is 43.1 Å². The van der Waals surface area contributed by atoms with E-state index in [1.54, 1.807) is 12.1 Å². The summed E-state index contributed by atoms with van der Waals surface area (Å²) in [5, 5.41) is 4.16. The van der Waals surface area contributed by atoms with E-state index in [9.17, 15) is 4.79 Å². The van der Waals surface area contributed by atoms with Gasteiger partial charge in [0.2, 0.25) is 0 Å². The molecular formula is C16H24ClNO2. The van der Waals surface area contributed by atoms with E-state index in [1.165, 1.54) is 7.11 Å². The van der Waals surface area contributed by atoms with Crippen LogP contribution < -0.4 is 5.32 Å². The van der Waals surface area contributed by atoms with E-state index in [-0.39, 0.29) is 12.0 Å². The van der Waals surface area contributed by atoms with E-state index < -0.39 is 0 Å². The largest absolute Gasteiger partial charge is 0.465 e. The molecule has 0 radical (unpaired) electrons. The third kappa shape index (κ3) is 4.80. The Hall–Kier alpha value is -1.06. The van der Waals surface area contributed by atoms with Gasteiger partial charge in [-0.15, -0.1) is 0 Å². The summed E-state index contributed by atoms with van der Waals surface area (Å²) in [6.45, 7) is 5.24. The van der Waals surface area contributed by atoms with Crippen LogP contribution in [0.5, 0.6) is 0 Å². The quantitative estimate of drug-likeness (QED) is 0.572. The fraction of sp³-hybridized carbons (Fsp3) is 0.562. The summed E-state index contributed by atoms with van der Waals surface area (Å²) in [7, 11) is 1.40. The highest BCUT2D eigenvalue weighted by atomic mass is 35.5. The first-order valence-electron chi connectivity index (χ1n) is 7.25. The van der Waals surface area contributed by atoms with Gasteiger partial charge < -0.3 is 10.1 Å². The van der Waals surface area contributed by atoms with Gasteiger partial charge >= 0.3 is 5.97 Å². The number of rotatable bonds is 8. The molecule has 0 amide bonds. The van der Waals surface area contributed by atoms with Gasteiger partial charge in [-0.3, -0.25) is 0 Å². The van der Waals surface area contributed by atoms with Crippen molar-refractivity contribution in [3.8, 4) is 0 Å². The molecule has 0 saturated heterocycles. The molecule has 0 aliphatic heterocycles. The molecule has 1 N–H and O–H groups in total. The highest BCUT2D eigenvalue weighted by molar-refractivity contribution is 6.30. The van der Waals surface area contributed by atoms with E-state index >= 15 is 0 Å². The van der Waals surface area contributed by atoms with Crippen molar-refractivity contribution in [3.63, 3.8) is 0 Å². The Bertz CT molecular complexity index is 434. The van der Waals surface area contributed by atoms with Crippen molar-refractivity contribution in [2.45, 2.75) is 45.6 Å². The van der Waals surface area contributed by atoms with Crippen LogP contribution in [-0.2, 0) is 4.74 Å². The summed E-state index contributed by atoms with van der Waals surface area (Å²) in [5.74, 6) is -0.310. The first kappa shape index (κ1) is 17.0. The SMILES string of the molecule is CCCCNC(CCC)c1cc(Cl)ccc1C(=O)OC. The number of benzene rings is 1. The molecule has 0 aliphatic carbocycles. The predicted molar refractivity (Wildman–Crippen MR) is 83.4 cm³/mol. The molecule has 0 spiro atoms. The number of nitrogens with one attached hydrogen (secondary N) is 1. The number of unbranched alkanes of at least 4 members (excludes halogenated alkanes) is 1. The molecule has 0 saturated carbocycles. The average molecular weight is 298 g/mol. The molecule has 0 aliphatic rings. The molecule has 0 aromatic heterocycles. The molecule has 1 rings (SSSR count). The molecule has 1 unspecified atom stereocenters. The molecule has 0 fully saturated rings. The lowest BCUT2D eigenvalue weighted by molar-refractivity contribution is 0.0598. The topological polar surface area (TPSA) is 38.3 Å². The third-order valence-electron chi connectivity index (χ3n) is 3.29. The molecule has 1 atom stereocenters. The number of carbonyl (C=O) groups is 1. The van der Waals surface area contributed by atoms with Crippen molar-refractivity contribution in [1.29, 1.82) is 0 Å². The number of halogens is 1. The van der Waals surface area contributed by atoms with Crippen LogP contribution in [0.1, 0.15) is 61.5 Å². The second-order valence-electron chi connectivity index (χ2n) is 4.87. The highest BCUT2D eigenvalue weighted by Crippen LogP contribution is 2.26. The summed E-state index contributed by atoms with van der Waals surface area (Å²) < 4.78 is 4.86. The lowest BCUT2D eigenvalue weighted by atomic mass is 9.96. The van der Waals surface area contributed by atoms with Gasteiger partial charge in [0.05, 0.1) is 12.7 Å². The standard InChI is InChI=1S/C16H24ClNO2/c1-4-6-10-18-15(7-5-2)14-11-12(17)8-9-13(14)16(19)20-3/h8-9,11,15,18H,4-7,10H2,1-3H3. The van der Waals surface area contributed by atoms with Gasteiger partial charge in [-0.1, -0.05) is 38.3 Å². The molecule has 112 valence electrons. The van der Waals surface area contributed by atoms with Crippen LogP contribution in [0.2, 0.25) is 5.02 Å². The zero-order chi connectivity index (χ0) is 15.0. The molecule has 1 aromatic carbocycles. The van der Waals surface area contributed by atoms with Crippen LogP contribution in [0.15, 0.2) is 18.2 Å². The van der Waals surface area contributed by atoms with E-state index in [0.717, 1.165) is 37.8 Å². The molecule has 3 nitrogen and oxygen atoms in total. The van der Waals surface area contributed by atoms with Gasteiger partial charge in [-0.25, -0.2) is 4.79 Å². The maximum atomic E-state index is 11.9. The maximum Gasteiger partial charge on any atom is 0.338 e. The Morgan fingerprint density at radius 2 is 2.10 bits per heavy atom. The Balaban J connectivity index is 3.03. The number of methoxy groups -OCH3 is 1. The van der Waals surface area contributed by atoms with Gasteiger partial charge in [-0.2, -0.15) is 0 Å². The van der Waals surface area contributed by atoms with E-state index in [0.29, 0.717) is 10.6 Å². The Kier molecular flexibility index (Phi) is 7.63. The fourth-order valence-corrected chi connectivity index (χ4v) is 2.41. The first-order valence-corrected chi connectivity index (χ1v) is 7.62. The number of hydrogen-bond acceptors (Lipinski definition) is 3. The third-order valence-corrected chi connectivity index (χ3v) is 3.53. The van der Waals surface area contributed by atoms with Crippen LogP contribution in [0, 0.1) is 0 Å². The van der Waals surface area contributed by atoms with E-state index in [4.69, 9.17) is 16.3 Å². The zero-order valence-electron chi connectivity index (χ0n) is 12.5. The lowest BCUT2D eigenvalue weighted by Crippen LogP contribution is -2.24. The molecule has 4 heteroatoms. The molecule has 0 heterocycles. The Morgan fingerprint density at radius 3 is 2.70 bits per heavy atom. The summed E-state index contributed by atoms with van der Waals surface area (Å²) in [4.78, 5) is 11.9. The van der Waals surface area contributed by atoms with Crippen molar-refractivity contribution in [2.24, 2.45) is 0 Å². The summed E-state index contributed by atoms with van der Waals surface area (Å²) >= 11 is 6.09. The van der Waals surface area contributed by atoms with Crippen molar-refractivity contribution in [1.82, 2.24) is 5.32 Å². The molecule has 20 heavy (non-hydrogen) atoms. The minimum atomic E-state index is -0.310. The number of ether oxygens (including phenoxy) is 1. The summed E-state index contributed by atoms with van der Waals surface area (Å²) in [6.07, 6.45) is 4.27. The van der Waals surface area contributed by atoms with Gasteiger partial charge in [0.1, 0.15) is 0 Å². The average Bonchev–Trinajstić information content (AvgIpc) is 2.45. The highest BCUT2D eigenvalue weighted by Gasteiger charge is 2.19. The number of hydrogen-bond donors (Lipinski definition) is 1. The summed E-state index contributed by atoms with van der Waals surface area (Å²) in [5.41, 5.74) is 1.53. The minimum absolute atomic E-state index is 0.138. The Labute approximate surface area is 126 Å². The van der Waals surface area contributed by atoms with Crippen molar-refractivity contribution >= 4 is 17.6 Å². The minimum Gasteiger partial charge on any atom is -0.465 e. The van der Waals surface area contributed by atoms with Gasteiger partial charge in [0.25, 0.3) is 0 Å². The normalized spacial score (nSPS) is 12.2. The van der Waals surface area contributed by atoms with Crippen LogP contribution >= 0.6 is 11.6 Å².